The number of hydrogen-bond acceptors (Lipinski definition) is 1. The van der Waals surface area contributed by atoms with Crippen molar-refractivity contribution >= 4 is 0 Å². The molecule has 2 aromatic rings. The lowest BCUT2D eigenvalue weighted by molar-refractivity contribution is 0.294. The third-order valence-electron chi connectivity index (χ3n) is 6.37. The Morgan fingerprint density at radius 3 is 2.03 bits per heavy atom. The van der Waals surface area contributed by atoms with Gasteiger partial charge >= 0.3 is 0 Å². The van der Waals surface area contributed by atoms with Gasteiger partial charge in [0.25, 0.3) is 0 Å². The standard InChI is InChI=1S/C29H38O/c1-3-5-6-7-8-9-24-10-12-25(13-11-24)14-15-26-16-18-27(19-17-26)28-20-22-29(23-21-28)30-4-2/h16-25H,3-13H2,1-2H3/t24-,25-. The van der Waals surface area contributed by atoms with E-state index in [1.165, 1.54) is 75.3 Å². The summed E-state index contributed by atoms with van der Waals surface area (Å²) in [4.78, 5) is 0. The lowest BCUT2D eigenvalue weighted by Gasteiger charge is -2.25. The summed E-state index contributed by atoms with van der Waals surface area (Å²) in [6, 6.07) is 17.0. The fourth-order valence-corrected chi connectivity index (χ4v) is 4.47. The highest BCUT2D eigenvalue weighted by molar-refractivity contribution is 5.65. The molecule has 30 heavy (non-hydrogen) atoms. The number of benzene rings is 2. The van der Waals surface area contributed by atoms with Crippen LogP contribution in [0.3, 0.4) is 0 Å². The number of rotatable bonds is 9. The van der Waals surface area contributed by atoms with Gasteiger partial charge in [-0.15, -0.1) is 0 Å². The molecule has 0 radical (unpaired) electrons. The molecule has 0 unspecified atom stereocenters. The zero-order valence-corrected chi connectivity index (χ0v) is 19.0. The zero-order valence-electron chi connectivity index (χ0n) is 19.0. The van der Waals surface area contributed by atoms with E-state index in [2.05, 4.69) is 55.2 Å². The van der Waals surface area contributed by atoms with Crippen molar-refractivity contribution in [2.45, 2.75) is 78.1 Å². The van der Waals surface area contributed by atoms with Gasteiger partial charge in [-0.3, -0.25) is 0 Å². The lowest BCUT2D eigenvalue weighted by Crippen LogP contribution is -2.13. The van der Waals surface area contributed by atoms with E-state index in [0.717, 1.165) is 17.2 Å². The van der Waals surface area contributed by atoms with Gasteiger partial charge in [0.1, 0.15) is 5.75 Å². The SMILES string of the molecule is CCCCCCC[C@H]1CC[C@H](C#Cc2ccc(-c3ccc(OCC)cc3)cc2)CC1. The molecule has 0 aromatic heterocycles. The maximum Gasteiger partial charge on any atom is 0.119 e. The molecule has 1 fully saturated rings. The first-order valence-electron chi connectivity index (χ1n) is 12.1. The third kappa shape index (κ3) is 7.24. The fourth-order valence-electron chi connectivity index (χ4n) is 4.47. The van der Waals surface area contributed by atoms with Crippen LogP contribution in [-0.2, 0) is 0 Å². The van der Waals surface area contributed by atoms with Crippen LogP contribution in [0.5, 0.6) is 5.75 Å². The first-order valence-corrected chi connectivity index (χ1v) is 12.1. The molecule has 0 spiro atoms. The monoisotopic (exact) mass is 402 g/mol. The van der Waals surface area contributed by atoms with E-state index in [9.17, 15) is 0 Å². The zero-order chi connectivity index (χ0) is 21.0. The minimum Gasteiger partial charge on any atom is -0.494 e. The van der Waals surface area contributed by atoms with Crippen molar-refractivity contribution in [1.29, 1.82) is 0 Å². The summed E-state index contributed by atoms with van der Waals surface area (Å²) in [5.74, 6) is 9.46. The van der Waals surface area contributed by atoms with Crippen molar-refractivity contribution in [3.8, 4) is 28.7 Å². The molecule has 0 amide bonds. The Hall–Kier alpha value is -2.20. The Labute approximate surface area is 184 Å². The number of ether oxygens (including phenoxy) is 1. The highest BCUT2D eigenvalue weighted by atomic mass is 16.5. The Kier molecular flexibility index (Phi) is 9.36. The molecular weight excluding hydrogens is 364 g/mol. The van der Waals surface area contributed by atoms with Crippen LogP contribution in [0, 0.1) is 23.7 Å². The predicted octanol–water partition coefficient (Wildman–Crippen LogP) is 8.27. The summed E-state index contributed by atoms with van der Waals surface area (Å²) in [5, 5.41) is 0. The molecule has 2 aromatic carbocycles. The summed E-state index contributed by atoms with van der Waals surface area (Å²) < 4.78 is 5.53. The van der Waals surface area contributed by atoms with Gasteiger partial charge in [-0.2, -0.15) is 0 Å². The molecule has 0 saturated heterocycles. The van der Waals surface area contributed by atoms with Crippen LogP contribution < -0.4 is 4.74 Å². The summed E-state index contributed by atoms with van der Waals surface area (Å²) in [6.07, 6.45) is 13.8. The van der Waals surface area contributed by atoms with Gasteiger partial charge in [0, 0.05) is 11.5 Å². The second kappa shape index (κ2) is 12.5. The van der Waals surface area contributed by atoms with Gasteiger partial charge in [-0.25, -0.2) is 0 Å². The molecule has 3 rings (SSSR count). The predicted molar refractivity (Wildman–Crippen MR) is 129 cm³/mol. The van der Waals surface area contributed by atoms with E-state index >= 15 is 0 Å². The van der Waals surface area contributed by atoms with Gasteiger partial charge in [0.2, 0.25) is 0 Å². The van der Waals surface area contributed by atoms with Crippen LogP contribution in [0.4, 0.5) is 0 Å². The Bertz CT molecular complexity index is 783. The van der Waals surface area contributed by atoms with E-state index in [0.29, 0.717) is 12.5 Å². The smallest absolute Gasteiger partial charge is 0.119 e. The highest BCUT2D eigenvalue weighted by Gasteiger charge is 2.19. The Morgan fingerprint density at radius 2 is 1.40 bits per heavy atom. The average molecular weight is 403 g/mol. The van der Waals surface area contributed by atoms with Crippen molar-refractivity contribution in [3.05, 3.63) is 54.1 Å². The van der Waals surface area contributed by atoms with Crippen LogP contribution in [-0.4, -0.2) is 6.61 Å². The summed E-state index contributed by atoms with van der Waals surface area (Å²) in [6.45, 7) is 5.00. The first kappa shape index (κ1) is 22.5. The summed E-state index contributed by atoms with van der Waals surface area (Å²) in [5.41, 5.74) is 3.57. The van der Waals surface area contributed by atoms with Gasteiger partial charge in [-0.05, 0) is 73.9 Å². The second-order valence-corrected chi connectivity index (χ2v) is 8.72. The number of hydrogen-bond donors (Lipinski definition) is 0. The van der Waals surface area contributed by atoms with E-state index in [1.807, 2.05) is 19.1 Å². The lowest BCUT2D eigenvalue weighted by atomic mass is 9.80. The van der Waals surface area contributed by atoms with E-state index in [1.54, 1.807) is 0 Å². The van der Waals surface area contributed by atoms with Crippen molar-refractivity contribution in [3.63, 3.8) is 0 Å². The van der Waals surface area contributed by atoms with Crippen LogP contribution in [0.2, 0.25) is 0 Å². The molecule has 0 heterocycles. The van der Waals surface area contributed by atoms with Gasteiger partial charge in [-0.1, -0.05) is 81.6 Å². The average Bonchev–Trinajstić information content (AvgIpc) is 2.79. The normalized spacial score (nSPS) is 18.5. The molecular formula is C29H38O. The molecule has 160 valence electrons. The second-order valence-electron chi connectivity index (χ2n) is 8.72. The minimum atomic E-state index is 0.590. The molecule has 1 aliphatic carbocycles. The molecule has 1 heteroatoms. The highest BCUT2D eigenvalue weighted by Crippen LogP contribution is 2.32. The minimum absolute atomic E-state index is 0.590. The topological polar surface area (TPSA) is 9.23 Å². The Morgan fingerprint density at radius 1 is 0.767 bits per heavy atom. The maximum absolute atomic E-state index is 5.53. The molecule has 0 N–H and O–H groups in total. The van der Waals surface area contributed by atoms with Crippen LogP contribution >= 0.6 is 0 Å². The van der Waals surface area contributed by atoms with Gasteiger partial charge in [0.15, 0.2) is 0 Å². The van der Waals surface area contributed by atoms with Crippen LogP contribution in [0.25, 0.3) is 11.1 Å². The molecule has 1 nitrogen and oxygen atoms in total. The Balaban J connectivity index is 1.44. The first-order chi connectivity index (χ1) is 14.8. The van der Waals surface area contributed by atoms with Crippen LogP contribution in [0.15, 0.2) is 48.5 Å². The van der Waals surface area contributed by atoms with E-state index in [-0.39, 0.29) is 0 Å². The van der Waals surface area contributed by atoms with Crippen molar-refractivity contribution in [1.82, 2.24) is 0 Å². The van der Waals surface area contributed by atoms with Gasteiger partial charge in [0.05, 0.1) is 6.61 Å². The summed E-state index contributed by atoms with van der Waals surface area (Å²) >= 11 is 0. The fraction of sp³-hybridized carbons (Fsp3) is 0.517. The summed E-state index contributed by atoms with van der Waals surface area (Å²) in [7, 11) is 0. The maximum atomic E-state index is 5.53. The molecule has 1 aliphatic rings. The molecule has 0 bridgehead atoms. The molecule has 1 saturated carbocycles. The third-order valence-corrected chi connectivity index (χ3v) is 6.37. The van der Waals surface area contributed by atoms with Crippen molar-refractivity contribution < 1.29 is 4.74 Å². The van der Waals surface area contributed by atoms with E-state index < -0.39 is 0 Å². The molecule has 0 atom stereocenters. The van der Waals surface area contributed by atoms with Crippen molar-refractivity contribution in [2.24, 2.45) is 11.8 Å². The van der Waals surface area contributed by atoms with Crippen molar-refractivity contribution in [2.75, 3.05) is 6.61 Å². The molecule has 0 aliphatic heterocycles. The van der Waals surface area contributed by atoms with E-state index in [4.69, 9.17) is 4.74 Å². The number of unbranched alkanes of at least 4 members (excludes halogenated alkanes) is 4. The quantitative estimate of drug-likeness (QED) is 0.303. The largest absolute Gasteiger partial charge is 0.494 e. The van der Waals surface area contributed by atoms with Crippen LogP contribution in [0.1, 0.15) is 83.6 Å². The van der Waals surface area contributed by atoms with Gasteiger partial charge < -0.3 is 4.74 Å².